The van der Waals surface area contributed by atoms with Crippen LogP contribution in [0.1, 0.15) is 42.4 Å². The van der Waals surface area contributed by atoms with Crippen molar-refractivity contribution in [3.05, 3.63) is 65.2 Å². The molecule has 2 aromatic carbocycles. The van der Waals surface area contributed by atoms with Crippen LogP contribution in [0, 0.1) is 6.92 Å². The number of benzene rings is 2. The molecule has 0 spiro atoms. The van der Waals surface area contributed by atoms with E-state index in [0.717, 1.165) is 24.8 Å². The Balaban J connectivity index is 1.82. The lowest BCUT2D eigenvalue weighted by atomic mass is 9.79. The monoisotopic (exact) mass is 329 g/mol. The maximum Gasteiger partial charge on any atom is 0.240 e. The highest BCUT2D eigenvalue weighted by Crippen LogP contribution is 2.34. The molecule has 1 N–H and O–H groups in total. The maximum absolute atomic E-state index is 12.6. The molecule has 4 heteroatoms. The third kappa shape index (κ3) is 3.48. The van der Waals surface area contributed by atoms with Gasteiger partial charge in [-0.3, -0.25) is 0 Å². The molecular weight excluding hydrogens is 306 g/mol. The van der Waals surface area contributed by atoms with Crippen LogP contribution in [0.3, 0.4) is 0 Å². The van der Waals surface area contributed by atoms with Gasteiger partial charge in [-0.15, -0.1) is 0 Å². The van der Waals surface area contributed by atoms with E-state index < -0.39 is 10.0 Å². The third-order valence-electron chi connectivity index (χ3n) is 4.69. The van der Waals surface area contributed by atoms with Crippen LogP contribution < -0.4 is 4.72 Å². The van der Waals surface area contributed by atoms with E-state index in [2.05, 4.69) is 22.9 Å². The van der Waals surface area contributed by atoms with Crippen molar-refractivity contribution in [2.24, 2.45) is 0 Å². The number of fused-ring (bicyclic) bond motifs is 1. The largest absolute Gasteiger partial charge is 0.240 e. The Morgan fingerprint density at radius 1 is 1.09 bits per heavy atom. The Morgan fingerprint density at radius 3 is 2.52 bits per heavy atom. The molecule has 2 atom stereocenters. The lowest BCUT2D eigenvalue weighted by Gasteiger charge is -2.30. The van der Waals surface area contributed by atoms with Crippen LogP contribution in [0.5, 0.6) is 0 Å². The highest BCUT2D eigenvalue weighted by molar-refractivity contribution is 7.89. The van der Waals surface area contributed by atoms with E-state index >= 15 is 0 Å². The van der Waals surface area contributed by atoms with Gasteiger partial charge in [0.2, 0.25) is 10.0 Å². The molecular formula is C19H23NO2S. The minimum Gasteiger partial charge on any atom is -0.208 e. The first-order valence-corrected chi connectivity index (χ1v) is 9.62. The van der Waals surface area contributed by atoms with Crippen LogP contribution >= 0.6 is 0 Å². The first-order valence-electron chi connectivity index (χ1n) is 8.14. The maximum atomic E-state index is 12.6. The molecule has 3 nitrogen and oxygen atoms in total. The van der Waals surface area contributed by atoms with E-state index in [9.17, 15) is 8.42 Å². The van der Waals surface area contributed by atoms with Gasteiger partial charge in [-0.2, -0.15) is 0 Å². The van der Waals surface area contributed by atoms with E-state index in [0.29, 0.717) is 4.90 Å². The van der Waals surface area contributed by atoms with Crippen LogP contribution in [0.15, 0.2) is 53.4 Å². The smallest absolute Gasteiger partial charge is 0.208 e. The van der Waals surface area contributed by atoms with E-state index in [4.69, 9.17) is 0 Å². The number of hydrogen-bond donors (Lipinski definition) is 1. The molecule has 0 fully saturated rings. The SMILES string of the molecule is Cc1ccc(S(=O)(=O)NC(C)C2CCCc3ccccc32)cc1. The summed E-state index contributed by atoms with van der Waals surface area (Å²) in [6.45, 7) is 3.92. The Hall–Kier alpha value is -1.65. The lowest BCUT2D eigenvalue weighted by Crippen LogP contribution is -2.38. The lowest BCUT2D eigenvalue weighted by molar-refractivity contribution is 0.453. The highest BCUT2D eigenvalue weighted by atomic mass is 32.2. The van der Waals surface area contributed by atoms with Crippen molar-refractivity contribution in [2.75, 3.05) is 0 Å². The minimum atomic E-state index is -3.48. The summed E-state index contributed by atoms with van der Waals surface area (Å²) in [5.41, 5.74) is 3.70. The quantitative estimate of drug-likeness (QED) is 0.928. The summed E-state index contributed by atoms with van der Waals surface area (Å²) < 4.78 is 28.1. The molecule has 1 aliphatic carbocycles. The van der Waals surface area contributed by atoms with Crippen LogP contribution in [0.2, 0.25) is 0 Å². The predicted octanol–water partition coefficient (Wildman–Crippen LogP) is 3.78. The van der Waals surface area contributed by atoms with E-state index in [1.807, 2.05) is 32.0 Å². The Labute approximate surface area is 138 Å². The Bertz CT molecular complexity index is 781. The van der Waals surface area contributed by atoms with Gasteiger partial charge in [0, 0.05) is 12.0 Å². The molecule has 0 aromatic heterocycles. The van der Waals surface area contributed by atoms with Crippen LogP contribution in [0.25, 0.3) is 0 Å². The van der Waals surface area contributed by atoms with Crippen LogP contribution in [-0.2, 0) is 16.4 Å². The number of aryl methyl sites for hydroxylation is 2. The van der Waals surface area contributed by atoms with E-state index in [1.54, 1.807) is 12.1 Å². The van der Waals surface area contributed by atoms with Crippen LogP contribution in [-0.4, -0.2) is 14.5 Å². The normalized spacial score (nSPS) is 19.1. The van der Waals surface area contributed by atoms with Gasteiger partial charge in [0.15, 0.2) is 0 Å². The standard InChI is InChI=1S/C19H23NO2S/c1-14-10-12-17(13-11-14)23(21,22)20-15(2)18-9-5-7-16-6-3-4-8-19(16)18/h3-4,6,8,10-13,15,18,20H,5,7,9H2,1-2H3. The second-order valence-corrected chi connectivity index (χ2v) is 8.13. The minimum absolute atomic E-state index is 0.122. The van der Waals surface area contributed by atoms with Crippen molar-refractivity contribution in [1.29, 1.82) is 0 Å². The second kappa shape index (κ2) is 6.46. The molecule has 0 bridgehead atoms. The van der Waals surface area contributed by atoms with Gasteiger partial charge in [0.05, 0.1) is 4.90 Å². The summed E-state index contributed by atoms with van der Waals surface area (Å²) in [4.78, 5) is 0.332. The fourth-order valence-corrected chi connectivity index (χ4v) is 4.71. The van der Waals surface area contributed by atoms with E-state index in [1.165, 1.54) is 11.1 Å². The zero-order chi connectivity index (χ0) is 16.4. The Kier molecular flexibility index (Phi) is 4.55. The van der Waals surface area contributed by atoms with Crippen molar-refractivity contribution in [3.8, 4) is 0 Å². The zero-order valence-corrected chi connectivity index (χ0v) is 14.4. The van der Waals surface area contributed by atoms with Gasteiger partial charge in [-0.05, 0) is 56.4 Å². The first-order chi connectivity index (χ1) is 11.0. The molecule has 1 aliphatic rings. The van der Waals surface area contributed by atoms with Crippen molar-refractivity contribution < 1.29 is 8.42 Å². The molecule has 122 valence electrons. The average Bonchev–Trinajstić information content (AvgIpc) is 2.54. The second-order valence-electron chi connectivity index (χ2n) is 6.42. The summed E-state index contributed by atoms with van der Waals surface area (Å²) in [5.74, 6) is 0.236. The van der Waals surface area contributed by atoms with Crippen LogP contribution in [0.4, 0.5) is 0 Å². The molecule has 0 saturated carbocycles. The third-order valence-corrected chi connectivity index (χ3v) is 6.27. The van der Waals surface area contributed by atoms with Crippen molar-refractivity contribution in [1.82, 2.24) is 4.72 Å². The zero-order valence-electron chi connectivity index (χ0n) is 13.6. The molecule has 0 heterocycles. The Morgan fingerprint density at radius 2 is 1.78 bits per heavy atom. The predicted molar refractivity (Wildman–Crippen MR) is 93.1 cm³/mol. The summed E-state index contributed by atoms with van der Waals surface area (Å²) >= 11 is 0. The van der Waals surface area contributed by atoms with Gasteiger partial charge < -0.3 is 0 Å². The number of hydrogen-bond acceptors (Lipinski definition) is 2. The van der Waals surface area contributed by atoms with Gasteiger partial charge in [-0.25, -0.2) is 13.1 Å². The molecule has 0 saturated heterocycles. The molecule has 0 aliphatic heterocycles. The van der Waals surface area contributed by atoms with Crippen molar-refractivity contribution >= 4 is 10.0 Å². The summed E-state index contributed by atoms with van der Waals surface area (Å²) in [7, 11) is -3.48. The average molecular weight is 329 g/mol. The van der Waals surface area contributed by atoms with Crippen molar-refractivity contribution in [2.45, 2.75) is 50.0 Å². The summed E-state index contributed by atoms with van der Waals surface area (Å²) in [6.07, 6.45) is 3.22. The van der Waals surface area contributed by atoms with E-state index in [-0.39, 0.29) is 12.0 Å². The topological polar surface area (TPSA) is 46.2 Å². The molecule has 0 radical (unpaired) electrons. The van der Waals surface area contributed by atoms with Gasteiger partial charge >= 0.3 is 0 Å². The fraction of sp³-hybridized carbons (Fsp3) is 0.368. The molecule has 23 heavy (non-hydrogen) atoms. The highest BCUT2D eigenvalue weighted by Gasteiger charge is 2.28. The fourth-order valence-electron chi connectivity index (χ4n) is 3.42. The molecule has 0 amide bonds. The molecule has 2 unspecified atom stereocenters. The summed E-state index contributed by atoms with van der Waals surface area (Å²) in [5, 5.41) is 0. The number of rotatable bonds is 4. The molecule has 3 rings (SSSR count). The van der Waals surface area contributed by atoms with Gasteiger partial charge in [-0.1, -0.05) is 42.0 Å². The van der Waals surface area contributed by atoms with Gasteiger partial charge in [0.1, 0.15) is 0 Å². The summed E-state index contributed by atoms with van der Waals surface area (Å²) in [6, 6.07) is 15.3. The first kappa shape index (κ1) is 16.2. The number of nitrogens with one attached hydrogen (secondary N) is 1. The molecule has 2 aromatic rings. The van der Waals surface area contributed by atoms with Gasteiger partial charge in [0.25, 0.3) is 0 Å². The van der Waals surface area contributed by atoms with Crippen molar-refractivity contribution in [3.63, 3.8) is 0 Å². The number of sulfonamides is 1.